The van der Waals surface area contributed by atoms with Crippen LogP contribution >= 0.6 is 0 Å². The van der Waals surface area contributed by atoms with Crippen molar-refractivity contribution < 1.29 is 9.90 Å². The molecule has 2 N–H and O–H groups in total. The average molecular weight is 378 g/mol. The van der Waals surface area contributed by atoms with Gasteiger partial charge >= 0.3 is 5.97 Å². The lowest BCUT2D eigenvalue weighted by atomic mass is 9.91. The highest BCUT2D eigenvalue weighted by Crippen LogP contribution is 2.33. The van der Waals surface area contributed by atoms with Gasteiger partial charge in [-0.25, -0.2) is 4.79 Å². The van der Waals surface area contributed by atoms with Crippen LogP contribution in [0.5, 0.6) is 0 Å². The number of nitrogens with one attached hydrogen (secondary N) is 1. The molecule has 5 heteroatoms. The van der Waals surface area contributed by atoms with E-state index in [9.17, 15) is 14.7 Å². The minimum atomic E-state index is -1.19. The molecule has 0 saturated carbocycles. The van der Waals surface area contributed by atoms with Crippen molar-refractivity contribution in [3.05, 3.63) is 69.1 Å². The van der Waals surface area contributed by atoms with Gasteiger partial charge in [-0.05, 0) is 78.3 Å². The van der Waals surface area contributed by atoms with E-state index in [4.69, 9.17) is 0 Å². The van der Waals surface area contributed by atoms with Crippen LogP contribution in [0.2, 0.25) is 0 Å². The van der Waals surface area contributed by atoms with Crippen molar-refractivity contribution in [1.82, 2.24) is 4.40 Å². The summed E-state index contributed by atoms with van der Waals surface area (Å²) in [4.78, 5) is 24.3. The maximum atomic E-state index is 12.7. The van der Waals surface area contributed by atoms with E-state index < -0.39 is 11.5 Å². The number of carbonyl (C=O) groups is 1. The molecule has 0 aliphatic carbocycles. The first-order valence-electron chi connectivity index (χ1n) is 9.51. The van der Waals surface area contributed by atoms with Gasteiger partial charge in [-0.3, -0.25) is 9.20 Å². The lowest BCUT2D eigenvalue weighted by Crippen LogP contribution is -2.24. The Labute approximate surface area is 164 Å². The van der Waals surface area contributed by atoms with E-state index in [1.54, 1.807) is 12.3 Å². The van der Waals surface area contributed by atoms with E-state index >= 15 is 0 Å². The van der Waals surface area contributed by atoms with Crippen molar-refractivity contribution in [2.24, 2.45) is 0 Å². The minimum Gasteiger partial charge on any atom is -0.477 e. The lowest BCUT2D eigenvalue weighted by molar-refractivity contribution is 0.0694. The third-order valence-electron chi connectivity index (χ3n) is 5.59. The van der Waals surface area contributed by atoms with Gasteiger partial charge in [0.05, 0.1) is 5.52 Å². The Bertz CT molecular complexity index is 1130. The van der Waals surface area contributed by atoms with E-state index in [1.807, 2.05) is 26.1 Å². The van der Waals surface area contributed by atoms with Crippen molar-refractivity contribution >= 4 is 17.2 Å². The Hall–Kier alpha value is -3.08. The fourth-order valence-electron chi connectivity index (χ4n) is 3.77. The van der Waals surface area contributed by atoms with Crippen molar-refractivity contribution in [3.63, 3.8) is 0 Å². The van der Waals surface area contributed by atoms with Gasteiger partial charge in [0.2, 0.25) is 0 Å². The number of hydrogen-bond acceptors (Lipinski definition) is 3. The summed E-state index contributed by atoms with van der Waals surface area (Å²) in [7, 11) is 1.90. The topological polar surface area (TPSA) is 70.8 Å². The third-order valence-corrected chi connectivity index (χ3v) is 5.59. The van der Waals surface area contributed by atoms with Crippen LogP contribution in [0.3, 0.4) is 0 Å². The van der Waals surface area contributed by atoms with Crippen LogP contribution in [-0.4, -0.2) is 22.5 Å². The molecule has 0 aliphatic rings. The van der Waals surface area contributed by atoms with Gasteiger partial charge in [0.1, 0.15) is 5.56 Å². The molecule has 0 spiro atoms. The van der Waals surface area contributed by atoms with Gasteiger partial charge in [-0.15, -0.1) is 0 Å². The highest BCUT2D eigenvalue weighted by atomic mass is 16.4. The van der Waals surface area contributed by atoms with E-state index in [-0.39, 0.29) is 11.5 Å². The molecule has 0 bridgehead atoms. The minimum absolute atomic E-state index is 0.135. The standard InChI is InChI=1S/C23H26N2O3/c1-6-13(2)18-12-19(23(27)28)22(26)25-10-9-17(15(4)21(18)25)16-7-8-20(24-5)14(3)11-16/h7-13,24H,6H2,1-5H3,(H,27,28)/t13-/m1/s1. The summed E-state index contributed by atoms with van der Waals surface area (Å²) in [6.45, 7) is 8.17. The van der Waals surface area contributed by atoms with Crippen molar-refractivity contribution in [1.29, 1.82) is 0 Å². The number of carboxylic acids is 1. The predicted molar refractivity (Wildman–Crippen MR) is 114 cm³/mol. The molecule has 0 fully saturated rings. The van der Waals surface area contributed by atoms with Crippen molar-refractivity contribution in [2.45, 2.75) is 40.0 Å². The molecular weight excluding hydrogens is 352 g/mol. The molecule has 0 amide bonds. The maximum Gasteiger partial charge on any atom is 0.341 e. The first-order chi connectivity index (χ1) is 13.3. The van der Waals surface area contributed by atoms with E-state index in [0.29, 0.717) is 0 Å². The Kier molecular flexibility index (Phi) is 5.27. The summed E-state index contributed by atoms with van der Waals surface area (Å²) < 4.78 is 1.48. The molecule has 146 valence electrons. The maximum absolute atomic E-state index is 12.7. The van der Waals surface area contributed by atoms with Crippen LogP contribution < -0.4 is 10.9 Å². The normalized spacial score (nSPS) is 12.2. The van der Waals surface area contributed by atoms with Gasteiger partial charge in [0.25, 0.3) is 5.56 Å². The zero-order valence-electron chi connectivity index (χ0n) is 17.0. The number of anilines is 1. The summed E-state index contributed by atoms with van der Waals surface area (Å²) >= 11 is 0. The first-order valence-corrected chi connectivity index (χ1v) is 9.51. The summed E-state index contributed by atoms with van der Waals surface area (Å²) in [6, 6.07) is 9.68. The largest absolute Gasteiger partial charge is 0.477 e. The molecule has 0 unspecified atom stereocenters. The molecule has 0 radical (unpaired) electrons. The van der Waals surface area contributed by atoms with Crippen molar-refractivity contribution in [2.75, 3.05) is 12.4 Å². The molecule has 1 atom stereocenters. The van der Waals surface area contributed by atoms with Gasteiger partial charge in [0, 0.05) is 18.9 Å². The molecule has 2 aromatic heterocycles. The molecule has 3 rings (SSSR count). The Morgan fingerprint density at radius 3 is 2.50 bits per heavy atom. The second-order valence-electron chi connectivity index (χ2n) is 7.29. The van der Waals surface area contributed by atoms with Crippen LogP contribution in [0.25, 0.3) is 16.6 Å². The first kappa shape index (κ1) is 19.7. The Morgan fingerprint density at radius 2 is 1.93 bits per heavy atom. The summed E-state index contributed by atoms with van der Waals surface area (Å²) in [6.07, 6.45) is 2.55. The number of aromatic nitrogens is 1. The summed E-state index contributed by atoms with van der Waals surface area (Å²) in [5.41, 5.74) is 6.31. The third kappa shape index (κ3) is 3.17. The van der Waals surface area contributed by atoms with Gasteiger partial charge in [-0.1, -0.05) is 19.9 Å². The number of aromatic carboxylic acids is 1. The van der Waals surface area contributed by atoms with Gasteiger partial charge in [-0.2, -0.15) is 0 Å². The van der Waals surface area contributed by atoms with Crippen LogP contribution in [0.1, 0.15) is 53.2 Å². The number of nitrogens with zero attached hydrogens (tertiary/aromatic N) is 1. The average Bonchev–Trinajstić information content (AvgIpc) is 2.67. The number of benzene rings is 1. The number of carboxylic acid groups (broad SMARTS) is 1. The number of aryl methyl sites for hydroxylation is 2. The van der Waals surface area contributed by atoms with E-state index in [1.165, 1.54) is 4.40 Å². The second kappa shape index (κ2) is 7.50. The molecule has 0 aliphatic heterocycles. The highest BCUT2D eigenvalue weighted by Gasteiger charge is 2.20. The van der Waals surface area contributed by atoms with Crippen LogP contribution in [0.4, 0.5) is 5.69 Å². The number of rotatable bonds is 5. The molecule has 5 nitrogen and oxygen atoms in total. The SMILES string of the molecule is CC[C@@H](C)c1cc(C(=O)O)c(=O)n2ccc(-c3ccc(NC)c(C)c3)c(C)c12. The molecule has 2 heterocycles. The zero-order chi connectivity index (χ0) is 20.6. The van der Waals surface area contributed by atoms with Crippen molar-refractivity contribution in [3.8, 4) is 11.1 Å². The van der Waals surface area contributed by atoms with Crippen LogP contribution in [0, 0.1) is 13.8 Å². The Balaban J connectivity index is 2.37. The lowest BCUT2D eigenvalue weighted by Gasteiger charge is -2.19. The molecule has 1 aromatic carbocycles. The summed E-state index contributed by atoms with van der Waals surface area (Å²) in [5, 5.41) is 12.6. The van der Waals surface area contributed by atoms with E-state index in [0.717, 1.165) is 45.4 Å². The number of hydrogen-bond donors (Lipinski definition) is 2. The van der Waals surface area contributed by atoms with Gasteiger partial charge < -0.3 is 10.4 Å². The summed E-state index contributed by atoms with van der Waals surface area (Å²) in [5.74, 6) is -1.06. The fourth-order valence-corrected chi connectivity index (χ4v) is 3.77. The molecule has 28 heavy (non-hydrogen) atoms. The smallest absolute Gasteiger partial charge is 0.341 e. The zero-order valence-corrected chi connectivity index (χ0v) is 17.0. The molecule has 0 saturated heterocycles. The van der Waals surface area contributed by atoms with Crippen LogP contribution in [-0.2, 0) is 0 Å². The van der Waals surface area contributed by atoms with Crippen LogP contribution in [0.15, 0.2) is 41.3 Å². The highest BCUT2D eigenvalue weighted by molar-refractivity contribution is 5.89. The molecule has 3 aromatic rings. The van der Waals surface area contributed by atoms with E-state index in [2.05, 4.69) is 38.2 Å². The predicted octanol–water partition coefficient (Wildman–Crippen LogP) is 4.84. The fraction of sp³-hybridized carbons (Fsp3) is 0.304. The second-order valence-corrected chi connectivity index (χ2v) is 7.29. The quantitative estimate of drug-likeness (QED) is 0.667. The Morgan fingerprint density at radius 1 is 1.21 bits per heavy atom. The number of pyridine rings is 2. The number of fused-ring (bicyclic) bond motifs is 1. The van der Waals surface area contributed by atoms with Gasteiger partial charge in [0.15, 0.2) is 0 Å². The molecular formula is C23H26N2O3. The monoisotopic (exact) mass is 378 g/mol.